The van der Waals surface area contributed by atoms with Crippen LogP contribution < -0.4 is 4.90 Å². The van der Waals surface area contributed by atoms with Gasteiger partial charge < -0.3 is 10.0 Å². The zero-order valence-corrected chi connectivity index (χ0v) is 9.57. The molecule has 2 rings (SSSR count). The van der Waals surface area contributed by atoms with Gasteiger partial charge in [0.1, 0.15) is 0 Å². The highest BCUT2D eigenvalue weighted by Gasteiger charge is 2.19. The summed E-state index contributed by atoms with van der Waals surface area (Å²) in [6, 6.07) is 5.49. The Hall–Kier alpha value is -1.51. The third-order valence-corrected chi connectivity index (χ3v) is 3.14. The number of anilines is 1. The van der Waals surface area contributed by atoms with Crippen molar-refractivity contribution in [2.24, 2.45) is 0 Å². The maximum absolute atomic E-state index is 11.2. The van der Waals surface area contributed by atoms with Crippen LogP contribution in [-0.4, -0.2) is 24.2 Å². The first-order valence-corrected chi connectivity index (χ1v) is 5.78. The number of carboxylic acids is 1. The quantitative estimate of drug-likeness (QED) is 0.831. The van der Waals surface area contributed by atoms with E-state index in [0.29, 0.717) is 5.56 Å². The first-order valence-electron chi connectivity index (χ1n) is 5.78. The molecule has 0 atom stereocenters. The van der Waals surface area contributed by atoms with Crippen LogP contribution in [0, 0.1) is 6.92 Å². The molecule has 1 aromatic carbocycles. The maximum Gasteiger partial charge on any atom is 0.337 e. The Morgan fingerprint density at radius 2 is 1.94 bits per heavy atom. The predicted octanol–water partition coefficient (Wildman–Crippen LogP) is 2.68. The van der Waals surface area contributed by atoms with Crippen molar-refractivity contribution < 1.29 is 9.90 Å². The first kappa shape index (κ1) is 11.0. The van der Waals surface area contributed by atoms with Gasteiger partial charge in [0.15, 0.2) is 0 Å². The standard InChI is InChI=1S/C13H17NO2/c1-10-6-5-7-11(13(15)16)12(10)14-8-3-2-4-9-14/h5-7H,2-4,8-9H2,1H3,(H,15,16). The average Bonchev–Trinajstić information content (AvgIpc) is 2.29. The highest BCUT2D eigenvalue weighted by atomic mass is 16.4. The van der Waals surface area contributed by atoms with E-state index >= 15 is 0 Å². The molecule has 0 saturated carbocycles. The molecule has 1 aliphatic rings. The molecule has 1 N–H and O–H groups in total. The number of rotatable bonds is 2. The molecule has 1 aromatic rings. The summed E-state index contributed by atoms with van der Waals surface area (Å²) in [7, 11) is 0. The van der Waals surface area contributed by atoms with Crippen molar-refractivity contribution in [3.05, 3.63) is 29.3 Å². The number of carbonyl (C=O) groups is 1. The van der Waals surface area contributed by atoms with E-state index in [2.05, 4.69) is 4.90 Å². The zero-order valence-electron chi connectivity index (χ0n) is 9.57. The molecule has 1 fully saturated rings. The van der Waals surface area contributed by atoms with Gasteiger partial charge in [0.2, 0.25) is 0 Å². The van der Waals surface area contributed by atoms with Gasteiger partial charge in [0, 0.05) is 13.1 Å². The highest BCUT2D eigenvalue weighted by molar-refractivity contribution is 5.95. The third-order valence-electron chi connectivity index (χ3n) is 3.14. The van der Waals surface area contributed by atoms with Crippen LogP contribution in [0.4, 0.5) is 5.69 Å². The molecule has 3 heteroatoms. The van der Waals surface area contributed by atoms with Crippen molar-refractivity contribution in [3.63, 3.8) is 0 Å². The molecule has 3 nitrogen and oxygen atoms in total. The Bertz CT molecular complexity index is 395. The number of hydrogen-bond acceptors (Lipinski definition) is 2. The maximum atomic E-state index is 11.2. The summed E-state index contributed by atoms with van der Waals surface area (Å²) in [5, 5.41) is 9.19. The Balaban J connectivity index is 2.40. The fraction of sp³-hybridized carbons (Fsp3) is 0.462. The van der Waals surface area contributed by atoms with Gasteiger partial charge in [-0.1, -0.05) is 12.1 Å². The van der Waals surface area contributed by atoms with E-state index < -0.39 is 5.97 Å². The molecule has 0 aliphatic carbocycles. The summed E-state index contributed by atoms with van der Waals surface area (Å²) in [6.07, 6.45) is 3.57. The van der Waals surface area contributed by atoms with Crippen LogP contribution in [0.15, 0.2) is 18.2 Å². The predicted molar refractivity (Wildman–Crippen MR) is 64.2 cm³/mol. The van der Waals surface area contributed by atoms with Crippen molar-refractivity contribution in [2.75, 3.05) is 18.0 Å². The van der Waals surface area contributed by atoms with Gasteiger partial charge in [-0.15, -0.1) is 0 Å². The SMILES string of the molecule is Cc1cccc(C(=O)O)c1N1CCCCC1. The van der Waals surface area contributed by atoms with Crippen molar-refractivity contribution in [2.45, 2.75) is 26.2 Å². The van der Waals surface area contributed by atoms with Gasteiger partial charge in [0.25, 0.3) is 0 Å². The second-order valence-electron chi connectivity index (χ2n) is 4.32. The van der Waals surface area contributed by atoms with Crippen LogP contribution in [0.5, 0.6) is 0 Å². The summed E-state index contributed by atoms with van der Waals surface area (Å²) >= 11 is 0. The minimum Gasteiger partial charge on any atom is -0.478 e. The van der Waals surface area contributed by atoms with Crippen LogP contribution >= 0.6 is 0 Å². The lowest BCUT2D eigenvalue weighted by Gasteiger charge is -2.31. The molecule has 0 unspecified atom stereocenters. The molecule has 0 amide bonds. The second kappa shape index (κ2) is 4.56. The van der Waals surface area contributed by atoms with E-state index in [1.165, 1.54) is 6.42 Å². The fourth-order valence-electron chi connectivity index (χ4n) is 2.37. The summed E-state index contributed by atoms with van der Waals surface area (Å²) in [5.41, 5.74) is 2.40. The lowest BCUT2D eigenvalue weighted by Crippen LogP contribution is -2.31. The molecule has 0 spiro atoms. The van der Waals surface area contributed by atoms with Crippen molar-refractivity contribution in [1.82, 2.24) is 0 Å². The first-order chi connectivity index (χ1) is 7.70. The van der Waals surface area contributed by atoms with E-state index in [4.69, 9.17) is 0 Å². The van der Waals surface area contributed by atoms with E-state index in [9.17, 15) is 9.90 Å². The summed E-state index contributed by atoms with van der Waals surface area (Å²) in [6.45, 7) is 3.94. The van der Waals surface area contributed by atoms with Crippen molar-refractivity contribution in [3.8, 4) is 0 Å². The van der Waals surface area contributed by atoms with Gasteiger partial charge in [-0.05, 0) is 37.8 Å². The Kier molecular flexibility index (Phi) is 3.13. The Labute approximate surface area is 95.7 Å². The van der Waals surface area contributed by atoms with Crippen LogP contribution in [0.1, 0.15) is 35.2 Å². The second-order valence-corrected chi connectivity index (χ2v) is 4.32. The summed E-state index contributed by atoms with van der Waals surface area (Å²) < 4.78 is 0. The van der Waals surface area contributed by atoms with E-state index in [1.54, 1.807) is 6.07 Å². The molecule has 0 bridgehead atoms. The topological polar surface area (TPSA) is 40.5 Å². The zero-order chi connectivity index (χ0) is 11.5. The minimum absolute atomic E-state index is 0.432. The van der Waals surface area contributed by atoms with Gasteiger partial charge in [-0.3, -0.25) is 0 Å². The van der Waals surface area contributed by atoms with E-state index in [-0.39, 0.29) is 0 Å². The third kappa shape index (κ3) is 2.03. The molecular weight excluding hydrogens is 202 g/mol. The van der Waals surface area contributed by atoms with E-state index in [1.807, 2.05) is 19.1 Å². The molecule has 16 heavy (non-hydrogen) atoms. The Morgan fingerprint density at radius 3 is 2.56 bits per heavy atom. The molecule has 0 aromatic heterocycles. The van der Waals surface area contributed by atoms with Crippen LogP contribution in [0.2, 0.25) is 0 Å². The largest absolute Gasteiger partial charge is 0.478 e. The molecular formula is C13H17NO2. The lowest BCUT2D eigenvalue weighted by atomic mass is 10.0. The number of carboxylic acid groups (broad SMARTS) is 1. The number of hydrogen-bond donors (Lipinski definition) is 1. The molecule has 0 radical (unpaired) electrons. The number of benzene rings is 1. The highest BCUT2D eigenvalue weighted by Crippen LogP contribution is 2.27. The number of aromatic carboxylic acids is 1. The smallest absolute Gasteiger partial charge is 0.337 e. The number of nitrogens with zero attached hydrogens (tertiary/aromatic N) is 1. The van der Waals surface area contributed by atoms with Crippen LogP contribution in [-0.2, 0) is 0 Å². The van der Waals surface area contributed by atoms with Gasteiger partial charge in [0.05, 0.1) is 11.3 Å². The van der Waals surface area contributed by atoms with Gasteiger partial charge in [-0.25, -0.2) is 4.79 Å². The Morgan fingerprint density at radius 1 is 1.25 bits per heavy atom. The summed E-state index contributed by atoms with van der Waals surface area (Å²) in [4.78, 5) is 13.4. The van der Waals surface area contributed by atoms with Crippen LogP contribution in [0.3, 0.4) is 0 Å². The normalized spacial score (nSPS) is 16.2. The number of piperidine rings is 1. The van der Waals surface area contributed by atoms with Gasteiger partial charge >= 0.3 is 5.97 Å². The monoisotopic (exact) mass is 219 g/mol. The lowest BCUT2D eigenvalue weighted by molar-refractivity contribution is 0.0697. The molecule has 1 heterocycles. The van der Waals surface area contributed by atoms with Crippen molar-refractivity contribution in [1.29, 1.82) is 0 Å². The minimum atomic E-state index is -0.829. The molecule has 1 saturated heterocycles. The molecule has 86 valence electrons. The fourth-order valence-corrected chi connectivity index (χ4v) is 2.37. The van der Waals surface area contributed by atoms with Crippen molar-refractivity contribution >= 4 is 11.7 Å². The number of aryl methyl sites for hydroxylation is 1. The van der Waals surface area contributed by atoms with E-state index in [0.717, 1.165) is 37.2 Å². The summed E-state index contributed by atoms with van der Waals surface area (Å²) in [5.74, 6) is -0.829. The van der Waals surface area contributed by atoms with Gasteiger partial charge in [-0.2, -0.15) is 0 Å². The van der Waals surface area contributed by atoms with Crippen LogP contribution in [0.25, 0.3) is 0 Å². The number of para-hydroxylation sites is 1. The molecule has 1 aliphatic heterocycles. The average molecular weight is 219 g/mol.